The molecule has 0 aliphatic carbocycles. The van der Waals surface area contributed by atoms with Gasteiger partial charge in [-0.3, -0.25) is 0 Å². The summed E-state index contributed by atoms with van der Waals surface area (Å²) in [6.45, 7) is -1.00. The number of hydrogen-bond acceptors (Lipinski definition) is 8. The van der Waals surface area contributed by atoms with Crippen LogP contribution in [-0.2, 0) is 22.7 Å². The molecular formula is C22H24N2O6. The molecule has 8 heteroatoms. The molecular weight excluding hydrogens is 388 g/mol. The van der Waals surface area contributed by atoms with Gasteiger partial charge in [-0.15, -0.1) is 0 Å². The first kappa shape index (κ1) is 23.5. The van der Waals surface area contributed by atoms with Gasteiger partial charge in [-0.05, 0) is 35.4 Å². The minimum Gasteiger partial charge on any atom is -0.394 e. The van der Waals surface area contributed by atoms with Crippen LogP contribution >= 0.6 is 0 Å². The first-order chi connectivity index (χ1) is 14.5. The molecule has 4 N–H and O–H groups in total. The average molecular weight is 412 g/mol. The third kappa shape index (κ3) is 6.61. The second-order valence-corrected chi connectivity index (χ2v) is 6.66. The molecule has 0 saturated carbocycles. The minimum atomic E-state index is -1.51. The molecule has 2 rings (SSSR count). The van der Waals surface area contributed by atoms with Crippen LogP contribution < -0.4 is 0 Å². The summed E-state index contributed by atoms with van der Waals surface area (Å²) in [5.41, 5.74) is 2.45. The third-order valence-electron chi connectivity index (χ3n) is 4.57. The highest BCUT2D eigenvalue weighted by Gasteiger charge is 2.33. The summed E-state index contributed by atoms with van der Waals surface area (Å²) >= 11 is 0. The summed E-state index contributed by atoms with van der Waals surface area (Å²) in [5, 5.41) is 57.5. The minimum absolute atomic E-state index is 0.0522. The van der Waals surface area contributed by atoms with E-state index in [1.807, 2.05) is 12.1 Å². The number of aliphatic hydroxyl groups excluding tert-OH is 4. The third-order valence-corrected chi connectivity index (χ3v) is 4.57. The van der Waals surface area contributed by atoms with E-state index in [2.05, 4.69) is 0 Å². The van der Waals surface area contributed by atoms with Crippen molar-refractivity contribution in [3.63, 3.8) is 0 Å². The Hall–Kier alpha value is -2.82. The summed E-state index contributed by atoms with van der Waals surface area (Å²) in [7, 11) is 0. The second-order valence-electron chi connectivity index (χ2n) is 6.66. The second kappa shape index (κ2) is 12.0. The lowest BCUT2D eigenvalue weighted by Gasteiger charge is -2.30. The Bertz CT molecular complexity index is 784. The fraction of sp³-hybridized carbons (Fsp3) is 0.364. The van der Waals surface area contributed by atoms with E-state index in [1.54, 1.807) is 48.5 Å². The Morgan fingerprint density at radius 2 is 1.00 bits per heavy atom. The Balaban J connectivity index is 1.92. The molecule has 2 aromatic carbocycles. The lowest BCUT2D eigenvalue weighted by Crippen LogP contribution is -2.49. The van der Waals surface area contributed by atoms with Crippen molar-refractivity contribution in [1.82, 2.24) is 0 Å². The molecule has 0 amide bonds. The highest BCUT2D eigenvalue weighted by atomic mass is 16.5. The van der Waals surface area contributed by atoms with E-state index in [1.165, 1.54) is 0 Å². The van der Waals surface area contributed by atoms with Gasteiger partial charge in [0, 0.05) is 0 Å². The molecule has 0 spiro atoms. The number of aliphatic hydroxyl groups is 4. The Morgan fingerprint density at radius 1 is 0.667 bits per heavy atom. The smallest absolute Gasteiger partial charge is 0.111 e. The SMILES string of the molecule is N#Cc1ccc(CO[C@H](CO)[C@@H](O)[C@H](O)[C@@H](CO)OCc2ccc(C#N)cc2)cc1. The van der Waals surface area contributed by atoms with Crippen LogP contribution in [0.3, 0.4) is 0 Å². The van der Waals surface area contributed by atoms with Gasteiger partial charge in [0.25, 0.3) is 0 Å². The maximum Gasteiger partial charge on any atom is 0.111 e. The van der Waals surface area contributed by atoms with Crippen LogP contribution in [0.25, 0.3) is 0 Å². The maximum absolute atomic E-state index is 10.4. The predicted molar refractivity (Wildman–Crippen MR) is 106 cm³/mol. The zero-order valence-corrected chi connectivity index (χ0v) is 16.3. The van der Waals surface area contributed by atoms with Crippen LogP contribution in [0, 0.1) is 22.7 Å². The number of rotatable bonds is 11. The van der Waals surface area contributed by atoms with Gasteiger partial charge in [0.05, 0.1) is 49.7 Å². The zero-order chi connectivity index (χ0) is 21.9. The number of benzene rings is 2. The van der Waals surface area contributed by atoms with Crippen molar-refractivity contribution < 1.29 is 29.9 Å². The van der Waals surface area contributed by atoms with Gasteiger partial charge in [-0.2, -0.15) is 10.5 Å². The molecule has 4 atom stereocenters. The van der Waals surface area contributed by atoms with Crippen molar-refractivity contribution >= 4 is 0 Å². The van der Waals surface area contributed by atoms with Gasteiger partial charge in [-0.1, -0.05) is 24.3 Å². The van der Waals surface area contributed by atoms with Crippen molar-refractivity contribution in [3.8, 4) is 12.1 Å². The van der Waals surface area contributed by atoms with Crippen molar-refractivity contribution in [2.75, 3.05) is 13.2 Å². The van der Waals surface area contributed by atoms with Crippen molar-refractivity contribution in [2.24, 2.45) is 0 Å². The molecule has 0 aliphatic heterocycles. The van der Waals surface area contributed by atoms with E-state index in [0.717, 1.165) is 11.1 Å². The van der Waals surface area contributed by atoms with E-state index in [0.29, 0.717) is 11.1 Å². The molecule has 0 bridgehead atoms. The Morgan fingerprint density at radius 3 is 1.27 bits per heavy atom. The van der Waals surface area contributed by atoms with Gasteiger partial charge in [0.15, 0.2) is 0 Å². The van der Waals surface area contributed by atoms with Crippen LogP contribution in [0.4, 0.5) is 0 Å². The van der Waals surface area contributed by atoms with Crippen molar-refractivity contribution in [3.05, 3.63) is 70.8 Å². The molecule has 2 aromatic rings. The number of nitrogens with zero attached hydrogens (tertiary/aromatic N) is 2. The van der Waals surface area contributed by atoms with Gasteiger partial charge in [0.1, 0.15) is 24.4 Å². The highest BCUT2D eigenvalue weighted by Crippen LogP contribution is 2.15. The molecule has 30 heavy (non-hydrogen) atoms. The summed E-state index contributed by atoms with van der Waals surface area (Å²) in [6.07, 6.45) is -5.23. The standard InChI is InChI=1S/C22H24N2O6/c23-9-15-1-5-17(6-2-15)13-29-19(11-25)21(27)22(28)20(12-26)30-14-18-7-3-16(10-24)4-8-18/h1-8,19-22,25-28H,11-14H2/t19-,20-,21-,22-/m1/s1. The van der Waals surface area contributed by atoms with Crippen LogP contribution in [0.5, 0.6) is 0 Å². The molecule has 0 aromatic heterocycles. The average Bonchev–Trinajstić information content (AvgIpc) is 2.80. The monoisotopic (exact) mass is 412 g/mol. The van der Waals surface area contributed by atoms with E-state index < -0.39 is 37.6 Å². The normalized spacial score (nSPS) is 14.9. The topological polar surface area (TPSA) is 147 Å². The van der Waals surface area contributed by atoms with Crippen LogP contribution in [-0.4, -0.2) is 58.1 Å². The summed E-state index contributed by atoms with van der Waals surface area (Å²) in [4.78, 5) is 0. The summed E-state index contributed by atoms with van der Waals surface area (Å²) in [5.74, 6) is 0. The molecule has 158 valence electrons. The molecule has 8 nitrogen and oxygen atoms in total. The van der Waals surface area contributed by atoms with Crippen LogP contribution in [0.1, 0.15) is 22.3 Å². The highest BCUT2D eigenvalue weighted by molar-refractivity contribution is 5.32. The Labute approximate surface area is 174 Å². The first-order valence-electron chi connectivity index (χ1n) is 9.31. The van der Waals surface area contributed by atoms with E-state index in [9.17, 15) is 20.4 Å². The molecule has 0 unspecified atom stereocenters. The molecule has 0 radical (unpaired) electrons. The van der Waals surface area contributed by atoms with Crippen molar-refractivity contribution in [2.45, 2.75) is 37.6 Å². The predicted octanol–water partition coefficient (Wildman–Crippen LogP) is 0.607. The van der Waals surface area contributed by atoms with Crippen LogP contribution in [0.2, 0.25) is 0 Å². The van der Waals surface area contributed by atoms with E-state index in [4.69, 9.17) is 20.0 Å². The van der Waals surface area contributed by atoms with Crippen LogP contribution in [0.15, 0.2) is 48.5 Å². The molecule has 0 aliphatic rings. The number of ether oxygens (including phenoxy) is 2. The van der Waals surface area contributed by atoms with Gasteiger partial charge >= 0.3 is 0 Å². The zero-order valence-electron chi connectivity index (χ0n) is 16.3. The first-order valence-corrected chi connectivity index (χ1v) is 9.31. The lowest BCUT2D eigenvalue weighted by molar-refractivity contribution is -0.159. The quantitative estimate of drug-likeness (QED) is 0.420. The molecule has 0 fully saturated rings. The number of hydrogen-bond donors (Lipinski definition) is 4. The molecule has 0 heterocycles. The van der Waals surface area contributed by atoms with Gasteiger partial charge in [0.2, 0.25) is 0 Å². The van der Waals surface area contributed by atoms with E-state index in [-0.39, 0.29) is 13.2 Å². The fourth-order valence-corrected chi connectivity index (χ4v) is 2.72. The fourth-order valence-electron chi connectivity index (χ4n) is 2.72. The molecule has 0 saturated heterocycles. The van der Waals surface area contributed by atoms with E-state index >= 15 is 0 Å². The van der Waals surface area contributed by atoms with Crippen molar-refractivity contribution in [1.29, 1.82) is 10.5 Å². The summed E-state index contributed by atoms with van der Waals surface area (Å²) < 4.78 is 11.0. The Kier molecular flexibility index (Phi) is 9.39. The number of nitriles is 2. The van der Waals surface area contributed by atoms with Gasteiger partial charge in [-0.25, -0.2) is 0 Å². The van der Waals surface area contributed by atoms with Gasteiger partial charge < -0.3 is 29.9 Å². The summed E-state index contributed by atoms with van der Waals surface area (Å²) in [6, 6.07) is 17.2. The lowest BCUT2D eigenvalue weighted by atomic mass is 10.0. The maximum atomic E-state index is 10.4. The largest absolute Gasteiger partial charge is 0.394 e.